The summed E-state index contributed by atoms with van der Waals surface area (Å²) in [5.41, 5.74) is 5.57. The minimum atomic E-state index is 0.0124. The van der Waals surface area contributed by atoms with E-state index in [1.807, 2.05) is 42.2 Å². The molecule has 1 unspecified atom stereocenters. The van der Waals surface area contributed by atoms with Crippen LogP contribution in [0.1, 0.15) is 57.0 Å². The highest BCUT2D eigenvalue weighted by atomic mass is 16.5. The van der Waals surface area contributed by atoms with Gasteiger partial charge in [-0.15, -0.1) is 0 Å². The molecule has 5 rings (SSSR count). The highest BCUT2D eigenvalue weighted by Crippen LogP contribution is 2.37. The molecule has 5 nitrogen and oxygen atoms in total. The molecule has 1 aliphatic heterocycles. The molecule has 2 heterocycles. The van der Waals surface area contributed by atoms with Crippen molar-refractivity contribution in [3.8, 4) is 5.75 Å². The molecule has 0 N–H and O–H groups in total. The van der Waals surface area contributed by atoms with Crippen molar-refractivity contribution in [3.05, 3.63) is 89.7 Å². The van der Waals surface area contributed by atoms with E-state index in [4.69, 9.17) is 9.72 Å². The van der Waals surface area contributed by atoms with Gasteiger partial charge >= 0.3 is 0 Å². The standard InChI is InChI=1S/C30H33N3O2/c1-5-35-27-13-9-8-12-26(27)32-20-22(18-28(32)34)29-31-24-10-6-7-11-25(24)33(29)19-21-14-16-23(17-15-21)30(2,3)4/h6-17,22H,5,18-20H2,1-4H3. The van der Waals surface area contributed by atoms with E-state index in [0.29, 0.717) is 19.6 Å². The normalized spacial score (nSPS) is 16.3. The quantitative estimate of drug-likeness (QED) is 0.334. The Morgan fingerprint density at radius 1 is 0.971 bits per heavy atom. The third-order valence-corrected chi connectivity index (χ3v) is 6.79. The predicted octanol–water partition coefficient (Wildman–Crippen LogP) is 6.30. The fraction of sp³-hybridized carbons (Fsp3) is 0.333. The van der Waals surface area contributed by atoms with Crippen LogP contribution in [0.4, 0.5) is 5.69 Å². The van der Waals surface area contributed by atoms with Crippen molar-refractivity contribution in [2.75, 3.05) is 18.1 Å². The number of nitrogens with zero attached hydrogens (tertiary/aromatic N) is 3. The molecule has 5 heteroatoms. The van der Waals surface area contributed by atoms with E-state index in [0.717, 1.165) is 34.8 Å². The number of fused-ring (bicyclic) bond motifs is 1. The van der Waals surface area contributed by atoms with Gasteiger partial charge < -0.3 is 14.2 Å². The fourth-order valence-corrected chi connectivity index (χ4v) is 4.94. The number of hydrogen-bond acceptors (Lipinski definition) is 3. The van der Waals surface area contributed by atoms with Crippen molar-refractivity contribution >= 4 is 22.6 Å². The zero-order valence-corrected chi connectivity index (χ0v) is 21.0. The number of amides is 1. The maximum Gasteiger partial charge on any atom is 0.227 e. The summed E-state index contributed by atoms with van der Waals surface area (Å²) >= 11 is 0. The summed E-state index contributed by atoms with van der Waals surface area (Å²) < 4.78 is 8.10. The Labute approximate surface area is 207 Å². The number of carbonyl (C=O) groups excluding carboxylic acids is 1. The van der Waals surface area contributed by atoms with Crippen molar-refractivity contribution in [3.63, 3.8) is 0 Å². The summed E-state index contributed by atoms with van der Waals surface area (Å²) in [7, 11) is 0. The number of benzene rings is 3. The van der Waals surface area contributed by atoms with Crippen LogP contribution in [-0.4, -0.2) is 28.6 Å². The molecule has 1 amide bonds. The average molecular weight is 468 g/mol. The van der Waals surface area contributed by atoms with Crippen LogP contribution >= 0.6 is 0 Å². The van der Waals surface area contributed by atoms with Crippen LogP contribution in [0.5, 0.6) is 5.75 Å². The van der Waals surface area contributed by atoms with Crippen LogP contribution in [0.15, 0.2) is 72.8 Å². The second-order valence-corrected chi connectivity index (χ2v) is 10.3. The lowest BCUT2D eigenvalue weighted by Gasteiger charge is -2.21. The van der Waals surface area contributed by atoms with Crippen molar-refractivity contribution in [2.45, 2.75) is 52.0 Å². The first-order valence-corrected chi connectivity index (χ1v) is 12.4. The summed E-state index contributed by atoms with van der Waals surface area (Å²) in [6.45, 7) is 10.5. The van der Waals surface area contributed by atoms with Gasteiger partial charge in [-0.05, 0) is 47.7 Å². The second kappa shape index (κ2) is 9.21. The van der Waals surface area contributed by atoms with E-state index in [1.165, 1.54) is 11.1 Å². The Balaban J connectivity index is 1.49. The van der Waals surface area contributed by atoms with E-state index >= 15 is 0 Å². The average Bonchev–Trinajstić information content (AvgIpc) is 3.40. The Kier molecular flexibility index (Phi) is 6.10. The Morgan fingerprint density at radius 2 is 1.69 bits per heavy atom. The third-order valence-electron chi connectivity index (χ3n) is 6.79. The molecule has 3 aromatic carbocycles. The summed E-state index contributed by atoms with van der Waals surface area (Å²) in [5.74, 6) is 1.83. The van der Waals surface area contributed by atoms with Gasteiger partial charge in [-0.25, -0.2) is 4.98 Å². The topological polar surface area (TPSA) is 47.4 Å². The van der Waals surface area contributed by atoms with E-state index in [1.54, 1.807) is 0 Å². The summed E-state index contributed by atoms with van der Waals surface area (Å²) in [6, 6.07) is 24.9. The van der Waals surface area contributed by atoms with Gasteiger partial charge in [-0.1, -0.05) is 69.3 Å². The smallest absolute Gasteiger partial charge is 0.227 e. The molecular formula is C30H33N3O2. The van der Waals surface area contributed by atoms with Crippen LogP contribution < -0.4 is 9.64 Å². The molecule has 180 valence electrons. The molecule has 0 spiro atoms. The summed E-state index contributed by atoms with van der Waals surface area (Å²) in [5, 5.41) is 0. The first-order chi connectivity index (χ1) is 16.8. The SMILES string of the molecule is CCOc1ccccc1N1CC(c2nc3ccccc3n2Cc2ccc(C(C)(C)C)cc2)CC1=O. The van der Waals surface area contributed by atoms with Crippen LogP contribution in [0, 0.1) is 0 Å². The third kappa shape index (κ3) is 4.55. The molecule has 0 bridgehead atoms. The highest BCUT2D eigenvalue weighted by molar-refractivity contribution is 5.97. The van der Waals surface area contributed by atoms with Crippen LogP contribution in [-0.2, 0) is 16.8 Å². The maximum atomic E-state index is 13.2. The minimum Gasteiger partial charge on any atom is -0.492 e. The van der Waals surface area contributed by atoms with E-state index in [9.17, 15) is 4.79 Å². The van der Waals surface area contributed by atoms with Crippen LogP contribution in [0.3, 0.4) is 0 Å². The Morgan fingerprint density at radius 3 is 2.43 bits per heavy atom. The largest absolute Gasteiger partial charge is 0.492 e. The van der Waals surface area contributed by atoms with E-state index in [2.05, 4.69) is 67.8 Å². The van der Waals surface area contributed by atoms with E-state index < -0.39 is 0 Å². The molecule has 1 atom stereocenters. The molecule has 4 aromatic rings. The van der Waals surface area contributed by atoms with Crippen LogP contribution in [0.2, 0.25) is 0 Å². The van der Waals surface area contributed by atoms with Gasteiger partial charge in [0.25, 0.3) is 0 Å². The lowest BCUT2D eigenvalue weighted by atomic mass is 9.87. The van der Waals surface area contributed by atoms with Crippen molar-refractivity contribution in [1.82, 2.24) is 9.55 Å². The molecule has 1 aliphatic rings. The summed E-state index contributed by atoms with van der Waals surface area (Å²) in [6.07, 6.45) is 0.437. The highest BCUT2D eigenvalue weighted by Gasteiger charge is 2.36. The van der Waals surface area contributed by atoms with Crippen molar-refractivity contribution in [1.29, 1.82) is 0 Å². The molecule has 1 aromatic heterocycles. The second-order valence-electron chi connectivity index (χ2n) is 10.3. The van der Waals surface area contributed by atoms with Gasteiger partial charge in [-0.2, -0.15) is 0 Å². The Hall–Kier alpha value is -3.60. The lowest BCUT2D eigenvalue weighted by Crippen LogP contribution is -2.25. The van der Waals surface area contributed by atoms with Gasteiger partial charge in [0.15, 0.2) is 0 Å². The number of ether oxygens (including phenoxy) is 1. The molecule has 0 saturated carbocycles. The molecule has 0 aliphatic carbocycles. The fourth-order valence-electron chi connectivity index (χ4n) is 4.94. The number of imidazole rings is 1. The van der Waals surface area contributed by atoms with Crippen molar-refractivity contribution < 1.29 is 9.53 Å². The first kappa shape index (κ1) is 23.2. The predicted molar refractivity (Wildman–Crippen MR) is 141 cm³/mol. The number of anilines is 1. The minimum absolute atomic E-state index is 0.0124. The number of para-hydroxylation sites is 4. The number of carbonyl (C=O) groups is 1. The zero-order chi connectivity index (χ0) is 24.6. The van der Waals surface area contributed by atoms with Crippen molar-refractivity contribution in [2.24, 2.45) is 0 Å². The van der Waals surface area contributed by atoms with Gasteiger partial charge in [0.1, 0.15) is 11.6 Å². The number of rotatable bonds is 6. The van der Waals surface area contributed by atoms with Gasteiger partial charge in [0, 0.05) is 25.4 Å². The van der Waals surface area contributed by atoms with E-state index in [-0.39, 0.29) is 17.2 Å². The maximum absolute atomic E-state index is 13.2. The molecule has 0 radical (unpaired) electrons. The number of hydrogen-bond donors (Lipinski definition) is 0. The van der Waals surface area contributed by atoms with Crippen LogP contribution in [0.25, 0.3) is 11.0 Å². The molecular weight excluding hydrogens is 434 g/mol. The first-order valence-electron chi connectivity index (χ1n) is 12.4. The molecule has 1 saturated heterocycles. The number of aromatic nitrogens is 2. The lowest BCUT2D eigenvalue weighted by molar-refractivity contribution is -0.117. The monoisotopic (exact) mass is 467 g/mol. The summed E-state index contributed by atoms with van der Waals surface area (Å²) in [4.78, 5) is 20.0. The molecule has 35 heavy (non-hydrogen) atoms. The van der Waals surface area contributed by atoms with Gasteiger partial charge in [-0.3, -0.25) is 4.79 Å². The zero-order valence-electron chi connectivity index (χ0n) is 21.0. The molecule has 1 fully saturated rings. The Bertz CT molecular complexity index is 1350. The van der Waals surface area contributed by atoms with Gasteiger partial charge in [0.2, 0.25) is 5.91 Å². The van der Waals surface area contributed by atoms with Gasteiger partial charge in [0.05, 0.1) is 23.3 Å².